The first-order valence-electron chi connectivity index (χ1n) is 8.19. The number of hydrogen-bond donors (Lipinski definition) is 0. The van der Waals surface area contributed by atoms with Gasteiger partial charge in [0.25, 0.3) is 0 Å². The minimum atomic E-state index is -0.0435. The molecule has 2 heterocycles. The van der Waals surface area contributed by atoms with E-state index < -0.39 is 0 Å². The second-order valence-electron chi connectivity index (χ2n) is 6.06. The lowest BCUT2D eigenvalue weighted by Gasteiger charge is -2.28. The fourth-order valence-electron chi connectivity index (χ4n) is 3.18. The molecule has 5 nitrogen and oxygen atoms in total. The van der Waals surface area contributed by atoms with Crippen LogP contribution in [0.3, 0.4) is 0 Å². The summed E-state index contributed by atoms with van der Waals surface area (Å²) < 4.78 is 5.34. The second kappa shape index (κ2) is 7.55. The fourth-order valence-corrected chi connectivity index (χ4v) is 3.18. The van der Waals surface area contributed by atoms with Crippen molar-refractivity contribution in [3.63, 3.8) is 0 Å². The molecule has 0 aliphatic carbocycles. The van der Waals surface area contributed by atoms with Gasteiger partial charge in [0.1, 0.15) is 0 Å². The molecule has 126 valence electrons. The molecule has 24 heavy (non-hydrogen) atoms. The van der Waals surface area contributed by atoms with Crippen molar-refractivity contribution in [3.8, 4) is 0 Å². The SMILES string of the molecule is COC[C@H](c1ccccn1)N(C)CC(=O)N1CCc2ccccc21. The van der Waals surface area contributed by atoms with Crippen LogP contribution < -0.4 is 4.90 Å². The highest BCUT2D eigenvalue weighted by molar-refractivity contribution is 5.96. The predicted octanol–water partition coefficient (Wildman–Crippen LogP) is 2.29. The van der Waals surface area contributed by atoms with E-state index in [1.165, 1.54) is 5.56 Å². The van der Waals surface area contributed by atoms with Gasteiger partial charge in [-0.3, -0.25) is 14.7 Å². The molecule has 1 aromatic heterocycles. The van der Waals surface area contributed by atoms with Crippen LogP contribution >= 0.6 is 0 Å². The number of para-hydroxylation sites is 1. The number of carbonyl (C=O) groups is 1. The zero-order chi connectivity index (χ0) is 16.9. The zero-order valence-corrected chi connectivity index (χ0v) is 14.2. The Morgan fingerprint density at radius 3 is 2.83 bits per heavy atom. The quantitative estimate of drug-likeness (QED) is 0.817. The molecule has 1 aliphatic rings. The molecule has 0 saturated heterocycles. The van der Waals surface area contributed by atoms with Gasteiger partial charge in [-0.2, -0.15) is 0 Å². The number of likely N-dealkylation sites (N-methyl/N-ethyl adjacent to an activating group) is 1. The largest absolute Gasteiger partial charge is 0.383 e. The number of amides is 1. The van der Waals surface area contributed by atoms with Gasteiger partial charge in [-0.25, -0.2) is 0 Å². The van der Waals surface area contributed by atoms with Crippen molar-refractivity contribution in [1.82, 2.24) is 9.88 Å². The lowest BCUT2D eigenvalue weighted by Crippen LogP contribution is -2.40. The molecular weight excluding hydrogens is 302 g/mol. The molecule has 0 spiro atoms. The summed E-state index contributed by atoms with van der Waals surface area (Å²) in [6, 6.07) is 13.9. The van der Waals surface area contributed by atoms with Crippen LogP contribution in [0.25, 0.3) is 0 Å². The summed E-state index contributed by atoms with van der Waals surface area (Å²) in [5.41, 5.74) is 3.19. The lowest BCUT2D eigenvalue weighted by molar-refractivity contribution is -0.120. The van der Waals surface area contributed by atoms with Crippen LogP contribution in [0, 0.1) is 0 Å². The maximum absolute atomic E-state index is 12.8. The van der Waals surface area contributed by atoms with Crippen molar-refractivity contribution in [2.75, 3.05) is 38.8 Å². The molecule has 5 heteroatoms. The molecule has 0 radical (unpaired) electrons. The molecule has 1 aromatic carbocycles. The molecule has 2 aromatic rings. The summed E-state index contributed by atoms with van der Waals surface area (Å²) in [6.07, 6.45) is 2.69. The molecule has 1 aliphatic heterocycles. The van der Waals surface area contributed by atoms with Crippen LogP contribution in [0.2, 0.25) is 0 Å². The van der Waals surface area contributed by atoms with Gasteiger partial charge < -0.3 is 9.64 Å². The van der Waals surface area contributed by atoms with Crippen molar-refractivity contribution >= 4 is 11.6 Å². The zero-order valence-electron chi connectivity index (χ0n) is 14.2. The van der Waals surface area contributed by atoms with E-state index in [1.54, 1.807) is 13.3 Å². The van der Waals surface area contributed by atoms with Gasteiger partial charge >= 0.3 is 0 Å². The van der Waals surface area contributed by atoms with E-state index in [9.17, 15) is 4.79 Å². The lowest BCUT2D eigenvalue weighted by atomic mass is 10.1. The molecule has 0 saturated carbocycles. The third-order valence-corrected chi connectivity index (χ3v) is 4.46. The highest BCUT2D eigenvalue weighted by Crippen LogP contribution is 2.28. The van der Waals surface area contributed by atoms with Crippen LogP contribution in [-0.4, -0.2) is 49.6 Å². The van der Waals surface area contributed by atoms with Crippen LogP contribution in [0.4, 0.5) is 5.69 Å². The van der Waals surface area contributed by atoms with Crippen molar-refractivity contribution in [2.24, 2.45) is 0 Å². The fraction of sp³-hybridized carbons (Fsp3) is 0.368. The molecule has 0 bridgehead atoms. The Labute approximate surface area is 142 Å². The van der Waals surface area contributed by atoms with E-state index in [4.69, 9.17) is 4.74 Å². The van der Waals surface area contributed by atoms with E-state index in [0.717, 1.165) is 24.3 Å². The number of methoxy groups -OCH3 is 1. The smallest absolute Gasteiger partial charge is 0.241 e. The van der Waals surface area contributed by atoms with Gasteiger partial charge in [0.15, 0.2) is 0 Å². The summed E-state index contributed by atoms with van der Waals surface area (Å²) in [6.45, 7) is 1.58. The number of rotatable bonds is 6. The van der Waals surface area contributed by atoms with Crippen molar-refractivity contribution in [3.05, 3.63) is 59.9 Å². The van der Waals surface area contributed by atoms with E-state index in [2.05, 4.69) is 11.1 Å². The average molecular weight is 325 g/mol. The number of carbonyl (C=O) groups excluding carboxylic acids is 1. The molecule has 0 unspecified atom stereocenters. The molecule has 1 atom stereocenters. The summed E-state index contributed by atoms with van der Waals surface area (Å²) in [5, 5.41) is 0. The number of anilines is 1. The first-order chi connectivity index (χ1) is 11.7. The van der Waals surface area contributed by atoms with E-state index in [1.807, 2.05) is 53.2 Å². The molecule has 0 N–H and O–H groups in total. The monoisotopic (exact) mass is 325 g/mol. The number of aromatic nitrogens is 1. The number of benzene rings is 1. The van der Waals surface area contributed by atoms with Crippen molar-refractivity contribution < 1.29 is 9.53 Å². The van der Waals surface area contributed by atoms with E-state index >= 15 is 0 Å². The average Bonchev–Trinajstić information content (AvgIpc) is 3.04. The van der Waals surface area contributed by atoms with E-state index in [-0.39, 0.29) is 11.9 Å². The number of pyridine rings is 1. The highest BCUT2D eigenvalue weighted by atomic mass is 16.5. The number of fused-ring (bicyclic) bond motifs is 1. The Bertz CT molecular complexity index is 690. The van der Waals surface area contributed by atoms with Crippen LogP contribution in [-0.2, 0) is 16.0 Å². The van der Waals surface area contributed by atoms with Crippen LogP contribution in [0.15, 0.2) is 48.7 Å². The third kappa shape index (κ3) is 3.47. The Morgan fingerprint density at radius 1 is 1.29 bits per heavy atom. The number of nitrogens with zero attached hydrogens (tertiary/aromatic N) is 3. The third-order valence-electron chi connectivity index (χ3n) is 4.46. The van der Waals surface area contributed by atoms with Crippen LogP contribution in [0.1, 0.15) is 17.3 Å². The normalized spacial score (nSPS) is 14.7. The summed E-state index contributed by atoms with van der Waals surface area (Å²) in [7, 11) is 3.61. The molecule has 1 amide bonds. The Morgan fingerprint density at radius 2 is 2.08 bits per heavy atom. The van der Waals surface area contributed by atoms with Gasteiger partial charge in [-0.1, -0.05) is 24.3 Å². The van der Waals surface area contributed by atoms with Crippen molar-refractivity contribution in [1.29, 1.82) is 0 Å². The Balaban J connectivity index is 1.71. The number of ether oxygens (including phenoxy) is 1. The summed E-state index contributed by atoms with van der Waals surface area (Å²) in [5.74, 6) is 0.111. The highest BCUT2D eigenvalue weighted by Gasteiger charge is 2.27. The number of hydrogen-bond acceptors (Lipinski definition) is 4. The minimum Gasteiger partial charge on any atom is -0.383 e. The van der Waals surface area contributed by atoms with E-state index in [0.29, 0.717) is 13.2 Å². The first-order valence-corrected chi connectivity index (χ1v) is 8.19. The van der Waals surface area contributed by atoms with Gasteiger partial charge in [-0.15, -0.1) is 0 Å². The topological polar surface area (TPSA) is 45.7 Å². The van der Waals surface area contributed by atoms with Gasteiger partial charge in [0.05, 0.1) is 24.9 Å². The van der Waals surface area contributed by atoms with Crippen molar-refractivity contribution in [2.45, 2.75) is 12.5 Å². The minimum absolute atomic E-state index is 0.0435. The molecule has 0 fully saturated rings. The first kappa shape index (κ1) is 16.6. The second-order valence-corrected chi connectivity index (χ2v) is 6.06. The maximum Gasteiger partial charge on any atom is 0.241 e. The molecule has 3 rings (SSSR count). The standard InChI is InChI=1S/C19H23N3O2/c1-21(18(14-24-2)16-8-5-6-11-20-16)13-19(23)22-12-10-15-7-3-4-9-17(15)22/h3-9,11,18H,10,12-14H2,1-2H3/t18-/m1/s1. The Hall–Kier alpha value is -2.24. The van der Waals surface area contributed by atoms with Gasteiger partial charge in [0.2, 0.25) is 5.91 Å². The van der Waals surface area contributed by atoms with Crippen LogP contribution in [0.5, 0.6) is 0 Å². The maximum atomic E-state index is 12.8. The summed E-state index contributed by atoms with van der Waals surface area (Å²) >= 11 is 0. The summed E-state index contributed by atoms with van der Waals surface area (Å²) in [4.78, 5) is 21.1. The predicted molar refractivity (Wildman–Crippen MR) is 94.0 cm³/mol. The van der Waals surface area contributed by atoms with Gasteiger partial charge in [0, 0.05) is 25.5 Å². The molecular formula is C19H23N3O2. The van der Waals surface area contributed by atoms with Gasteiger partial charge in [-0.05, 0) is 37.2 Å². The Kier molecular flexibility index (Phi) is 5.23.